The first-order chi connectivity index (χ1) is 7.99. The van der Waals surface area contributed by atoms with Crippen molar-refractivity contribution in [3.05, 3.63) is 0 Å². The fourth-order valence-electron chi connectivity index (χ4n) is 2.36. The normalized spacial score (nSPS) is 20.5. The minimum absolute atomic E-state index is 0.161. The van der Waals surface area contributed by atoms with Gasteiger partial charge in [-0.15, -0.1) is 0 Å². The summed E-state index contributed by atoms with van der Waals surface area (Å²) in [5, 5.41) is 2.92. The molecule has 1 amide bonds. The highest BCUT2D eigenvalue weighted by Gasteiger charge is 2.21. The molecule has 1 rings (SSSR count). The molecular formula is C13H27N3O. The quantitative estimate of drug-likeness (QED) is 0.754. The number of piperidine rings is 1. The van der Waals surface area contributed by atoms with Crippen LogP contribution in [0.1, 0.15) is 40.0 Å². The smallest absolute Gasteiger partial charge is 0.221 e. The van der Waals surface area contributed by atoms with E-state index in [0.717, 1.165) is 19.6 Å². The van der Waals surface area contributed by atoms with Crippen molar-refractivity contribution in [1.29, 1.82) is 0 Å². The molecule has 1 fully saturated rings. The topological polar surface area (TPSA) is 58.4 Å². The van der Waals surface area contributed by atoms with Crippen molar-refractivity contribution in [3.8, 4) is 0 Å². The lowest BCUT2D eigenvalue weighted by Gasteiger charge is -2.33. The van der Waals surface area contributed by atoms with Crippen molar-refractivity contribution < 1.29 is 4.79 Å². The van der Waals surface area contributed by atoms with Crippen LogP contribution in [-0.2, 0) is 4.79 Å². The Morgan fingerprint density at radius 2 is 1.94 bits per heavy atom. The van der Waals surface area contributed by atoms with Crippen molar-refractivity contribution in [2.45, 2.75) is 52.1 Å². The predicted molar refractivity (Wildman–Crippen MR) is 70.7 cm³/mol. The number of rotatable bonds is 5. The number of nitrogens with zero attached hydrogens (tertiary/aromatic N) is 1. The molecule has 0 saturated carbocycles. The van der Waals surface area contributed by atoms with Crippen LogP contribution in [0, 0.1) is 5.92 Å². The molecule has 0 aromatic carbocycles. The molecule has 1 heterocycles. The van der Waals surface area contributed by atoms with Crippen molar-refractivity contribution in [1.82, 2.24) is 10.2 Å². The standard InChI is InChI=1S/C13H27N3O/c1-10(2)15-13(17)6-9-16-7-4-12(5-8-16)11(3)14/h10-12H,4-9,14H2,1-3H3,(H,15,17). The van der Waals surface area contributed by atoms with Gasteiger partial charge in [0.1, 0.15) is 0 Å². The molecule has 0 bridgehead atoms. The SMILES string of the molecule is CC(C)NC(=O)CCN1CCC(C(C)N)CC1. The molecule has 0 spiro atoms. The molecule has 1 aliphatic rings. The average molecular weight is 241 g/mol. The van der Waals surface area contributed by atoms with Gasteiger partial charge in [-0.05, 0) is 52.6 Å². The van der Waals surface area contributed by atoms with Crippen LogP contribution >= 0.6 is 0 Å². The van der Waals surface area contributed by atoms with E-state index in [1.807, 2.05) is 13.8 Å². The average Bonchev–Trinajstić information content (AvgIpc) is 2.26. The van der Waals surface area contributed by atoms with Gasteiger partial charge in [0.15, 0.2) is 0 Å². The van der Waals surface area contributed by atoms with Crippen LogP contribution in [0.25, 0.3) is 0 Å². The third-order valence-corrected chi connectivity index (χ3v) is 3.48. The summed E-state index contributed by atoms with van der Waals surface area (Å²) >= 11 is 0. The van der Waals surface area contributed by atoms with Gasteiger partial charge in [0.2, 0.25) is 5.91 Å². The van der Waals surface area contributed by atoms with Gasteiger partial charge in [-0.2, -0.15) is 0 Å². The van der Waals surface area contributed by atoms with E-state index in [4.69, 9.17) is 5.73 Å². The van der Waals surface area contributed by atoms with E-state index < -0.39 is 0 Å². The molecule has 0 aliphatic carbocycles. The number of carbonyl (C=O) groups excluding carboxylic acids is 1. The van der Waals surface area contributed by atoms with Crippen molar-refractivity contribution >= 4 is 5.91 Å². The summed E-state index contributed by atoms with van der Waals surface area (Å²) in [6.45, 7) is 9.13. The second-order valence-electron chi connectivity index (χ2n) is 5.51. The molecular weight excluding hydrogens is 214 g/mol. The van der Waals surface area contributed by atoms with E-state index in [-0.39, 0.29) is 11.9 Å². The molecule has 1 atom stereocenters. The fraction of sp³-hybridized carbons (Fsp3) is 0.923. The van der Waals surface area contributed by atoms with Crippen LogP contribution in [-0.4, -0.2) is 42.5 Å². The third-order valence-electron chi connectivity index (χ3n) is 3.48. The maximum Gasteiger partial charge on any atom is 0.221 e. The number of likely N-dealkylation sites (tertiary alicyclic amines) is 1. The Balaban J connectivity index is 2.16. The van der Waals surface area contributed by atoms with E-state index in [0.29, 0.717) is 18.4 Å². The van der Waals surface area contributed by atoms with Crippen LogP contribution in [0.2, 0.25) is 0 Å². The molecule has 1 saturated heterocycles. The monoisotopic (exact) mass is 241 g/mol. The molecule has 0 aromatic heterocycles. The highest BCUT2D eigenvalue weighted by Crippen LogP contribution is 2.19. The Morgan fingerprint density at radius 1 is 1.35 bits per heavy atom. The molecule has 4 nitrogen and oxygen atoms in total. The first-order valence-corrected chi connectivity index (χ1v) is 6.76. The number of hydrogen-bond donors (Lipinski definition) is 2. The molecule has 1 aliphatic heterocycles. The van der Waals surface area contributed by atoms with E-state index in [9.17, 15) is 4.79 Å². The zero-order valence-electron chi connectivity index (χ0n) is 11.4. The second kappa shape index (κ2) is 6.97. The summed E-state index contributed by atoms with van der Waals surface area (Å²) in [6, 6.07) is 0.549. The molecule has 1 unspecified atom stereocenters. The number of carbonyl (C=O) groups is 1. The van der Waals surface area contributed by atoms with Crippen molar-refractivity contribution in [3.63, 3.8) is 0 Å². The van der Waals surface area contributed by atoms with E-state index >= 15 is 0 Å². The molecule has 0 aromatic rings. The van der Waals surface area contributed by atoms with Gasteiger partial charge in [0.25, 0.3) is 0 Å². The molecule has 3 N–H and O–H groups in total. The molecule has 4 heteroatoms. The molecule has 17 heavy (non-hydrogen) atoms. The largest absolute Gasteiger partial charge is 0.354 e. The fourth-order valence-corrected chi connectivity index (χ4v) is 2.36. The zero-order chi connectivity index (χ0) is 12.8. The van der Waals surface area contributed by atoms with E-state index in [1.54, 1.807) is 0 Å². The highest BCUT2D eigenvalue weighted by atomic mass is 16.1. The van der Waals surface area contributed by atoms with E-state index in [1.165, 1.54) is 12.8 Å². The molecule has 100 valence electrons. The van der Waals surface area contributed by atoms with Crippen molar-refractivity contribution in [2.75, 3.05) is 19.6 Å². The van der Waals surface area contributed by atoms with Gasteiger partial charge in [-0.3, -0.25) is 4.79 Å². The van der Waals surface area contributed by atoms with Crippen LogP contribution in [0.4, 0.5) is 0 Å². The molecule has 0 radical (unpaired) electrons. The predicted octanol–water partition coefficient (Wildman–Crippen LogP) is 0.960. The summed E-state index contributed by atoms with van der Waals surface area (Å²) in [6.07, 6.45) is 2.95. The van der Waals surface area contributed by atoms with Crippen LogP contribution in [0.15, 0.2) is 0 Å². The van der Waals surface area contributed by atoms with Crippen molar-refractivity contribution in [2.24, 2.45) is 11.7 Å². The van der Waals surface area contributed by atoms with Crippen LogP contribution in [0.5, 0.6) is 0 Å². The Labute approximate surface area is 105 Å². The van der Waals surface area contributed by atoms with Gasteiger partial charge in [-0.1, -0.05) is 0 Å². The second-order valence-corrected chi connectivity index (χ2v) is 5.51. The Morgan fingerprint density at radius 3 is 2.41 bits per heavy atom. The Kier molecular flexibility index (Phi) is 5.92. The maximum absolute atomic E-state index is 11.5. The van der Waals surface area contributed by atoms with Gasteiger partial charge in [0, 0.05) is 25.0 Å². The first kappa shape index (κ1) is 14.5. The van der Waals surface area contributed by atoms with Gasteiger partial charge in [0.05, 0.1) is 0 Å². The third kappa shape index (κ3) is 5.50. The summed E-state index contributed by atoms with van der Waals surface area (Å²) in [5.41, 5.74) is 5.91. The lowest BCUT2D eigenvalue weighted by Crippen LogP contribution is -2.41. The van der Waals surface area contributed by atoms with Gasteiger partial charge in [-0.25, -0.2) is 0 Å². The van der Waals surface area contributed by atoms with Crippen LogP contribution < -0.4 is 11.1 Å². The Bertz CT molecular complexity index is 233. The number of amides is 1. The lowest BCUT2D eigenvalue weighted by atomic mass is 9.91. The van der Waals surface area contributed by atoms with Gasteiger partial charge < -0.3 is 16.0 Å². The highest BCUT2D eigenvalue weighted by molar-refractivity contribution is 5.76. The maximum atomic E-state index is 11.5. The summed E-state index contributed by atoms with van der Waals surface area (Å²) < 4.78 is 0. The van der Waals surface area contributed by atoms with Gasteiger partial charge >= 0.3 is 0 Å². The summed E-state index contributed by atoms with van der Waals surface area (Å²) in [5.74, 6) is 0.824. The zero-order valence-corrected chi connectivity index (χ0v) is 11.4. The minimum atomic E-state index is 0.161. The summed E-state index contributed by atoms with van der Waals surface area (Å²) in [4.78, 5) is 13.9. The number of nitrogens with one attached hydrogen (secondary N) is 1. The number of nitrogens with two attached hydrogens (primary N) is 1. The van der Waals surface area contributed by atoms with Crippen LogP contribution in [0.3, 0.4) is 0 Å². The minimum Gasteiger partial charge on any atom is -0.354 e. The van der Waals surface area contributed by atoms with E-state index in [2.05, 4.69) is 17.1 Å². The number of hydrogen-bond acceptors (Lipinski definition) is 3. The lowest BCUT2D eigenvalue weighted by molar-refractivity contribution is -0.122. The summed E-state index contributed by atoms with van der Waals surface area (Å²) in [7, 11) is 0. The Hall–Kier alpha value is -0.610. The first-order valence-electron chi connectivity index (χ1n) is 6.76.